The maximum atomic E-state index is 5.19. The van der Waals surface area contributed by atoms with Crippen molar-refractivity contribution >= 4 is 0 Å². The van der Waals surface area contributed by atoms with Crippen molar-refractivity contribution in [3.63, 3.8) is 0 Å². The van der Waals surface area contributed by atoms with E-state index in [0.29, 0.717) is 26.4 Å². The van der Waals surface area contributed by atoms with Crippen LogP contribution in [0.5, 0.6) is 0 Å². The van der Waals surface area contributed by atoms with Crippen LogP contribution in [0.1, 0.15) is 0 Å². The van der Waals surface area contributed by atoms with Gasteiger partial charge in [0, 0.05) is 0 Å². The predicted molar refractivity (Wildman–Crippen MR) is 40.5 cm³/mol. The molecule has 12 heavy (non-hydrogen) atoms. The Morgan fingerprint density at radius 2 is 1.00 bits per heavy atom. The van der Waals surface area contributed by atoms with Gasteiger partial charge in [0.2, 0.25) is 0 Å². The molecule has 2 rings (SSSR count). The van der Waals surface area contributed by atoms with E-state index in [2.05, 4.69) is 0 Å². The molecule has 2 aliphatic rings. The van der Waals surface area contributed by atoms with E-state index in [1.165, 1.54) is 0 Å². The summed E-state index contributed by atoms with van der Waals surface area (Å²) in [6.45, 7) is 2.67. The standard InChI is InChI=1S/C8H12O4/c1(7-9-3-4-10-7)2-8-11-5-6-12-8/h1-2,7-8H,3-6H2. The number of ether oxygens (including phenoxy) is 4. The fraction of sp³-hybridized carbons (Fsp3) is 0.750. The van der Waals surface area contributed by atoms with Crippen LogP contribution in [0.25, 0.3) is 0 Å². The number of hydrogen-bond donors (Lipinski definition) is 0. The van der Waals surface area contributed by atoms with Crippen molar-refractivity contribution < 1.29 is 18.9 Å². The van der Waals surface area contributed by atoms with Crippen LogP contribution in [-0.4, -0.2) is 39.0 Å². The lowest BCUT2D eigenvalue weighted by Gasteiger charge is -2.04. The molecule has 2 heterocycles. The summed E-state index contributed by atoms with van der Waals surface area (Å²) in [6, 6.07) is 0. The first kappa shape index (κ1) is 8.19. The lowest BCUT2D eigenvalue weighted by Crippen LogP contribution is -2.07. The quantitative estimate of drug-likeness (QED) is 0.561. The maximum Gasteiger partial charge on any atom is 0.177 e. The van der Waals surface area contributed by atoms with Crippen molar-refractivity contribution in [2.45, 2.75) is 12.6 Å². The lowest BCUT2D eigenvalue weighted by atomic mass is 10.5. The molecule has 0 aromatic rings. The Labute approximate surface area is 71.0 Å². The van der Waals surface area contributed by atoms with E-state index < -0.39 is 0 Å². The second kappa shape index (κ2) is 4.00. The SMILES string of the molecule is C(=CC1OCCO1)C1OCCO1. The van der Waals surface area contributed by atoms with Gasteiger partial charge in [-0.3, -0.25) is 0 Å². The fourth-order valence-corrected chi connectivity index (χ4v) is 1.16. The van der Waals surface area contributed by atoms with Gasteiger partial charge in [-0.15, -0.1) is 0 Å². The zero-order valence-corrected chi connectivity index (χ0v) is 6.77. The largest absolute Gasteiger partial charge is 0.347 e. The molecule has 0 atom stereocenters. The second-order valence-corrected chi connectivity index (χ2v) is 2.60. The fourth-order valence-electron chi connectivity index (χ4n) is 1.16. The highest BCUT2D eigenvalue weighted by atomic mass is 16.7. The molecule has 0 radical (unpaired) electrons. The normalized spacial score (nSPS) is 27.7. The van der Waals surface area contributed by atoms with Crippen molar-refractivity contribution in [2.24, 2.45) is 0 Å². The highest BCUT2D eigenvalue weighted by Gasteiger charge is 2.15. The average Bonchev–Trinajstić information content (AvgIpc) is 2.74. The summed E-state index contributed by atoms with van der Waals surface area (Å²) in [6.07, 6.45) is 3.22. The summed E-state index contributed by atoms with van der Waals surface area (Å²) in [4.78, 5) is 0. The summed E-state index contributed by atoms with van der Waals surface area (Å²) >= 11 is 0. The van der Waals surface area contributed by atoms with Gasteiger partial charge in [0.15, 0.2) is 12.6 Å². The summed E-state index contributed by atoms with van der Waals surface area (Å²) < 4.78 is 20.8. The van der Waals surface area contributed by atoms with Crippen LogP contribution in [-0.2, 0) is 18.9 Å². The number of rotatable bonds is 2. The van der Waals surface area contributed by atoms with Gasteiger partial charge in [-0.25, -0.2) is 0 Å². The summed E-state index contributed by atoms with van der Waals surface area (Å²) in [5.74, 6) is 0. The highest BCUT2D eigenvalue weighted by molar-refractivity contribution is 4.90. The van der Waals surface area contributed by atoms with Gasteiger partial charge < -0.3 is 18.9 Å². The highest BCUT2D eigenvalue weighted by Crippen LogP contribution is 2.09. The molecule has 2 fully saturated rings. The first-order valence-electron chi connectivity index (χ1n) is 4.10. The maximum absolute atomic E-state index is 5.19. The Morgan fingerprint density at radius 1 is 0.667 bits per heavy atom. The minimum absolute atomic E-state index is 0.210. The van der Waals surface area contributed by atoms with Crippen molar-refractivity contribution in [1.82, 2.24) is 0 Å². The van der Waals surface area contributed by atoms with Gasteiger partial charge in [0.05, 0.1) is 26.4 Å². The zero-order chi connectivity index (χ0) is 8.23. The van der Waals surface area contributed by atoms with Gasteiger partial charge >= 0.3 is 0 Å². The van der Waals surface area contributed by atoms with Gasteiger partial charge in [0.25, 0.3) is 0 Å². The van der Waals surface area contributed by atoms with E-state index in [1.807, 2.05) is 12.2 Å². The van der Waals surface area contributed by atoms with Gasteiger partial charge in [-0.1, -0.05) is 0 Å². The Morgan fingerprint density at radius 3 is 1.33 bits per heavy atom. The van der Waals surface area contributed by atoms with Crippen LogP contribution >= 0.6 is 0 Å². The molecule has 0 amide bonds. The molecule has 2 saturated heterocycles. The third-order valence-corrected chi connectivity index (χ3v) is 1.72. The average molecular weight is 172 g/mol. The van der Waals surface area contributed by atoms with Crippen molar-refractivity contribution in [1.29, 1.82) is 0 Å². The first-order valence-corrected chi connectivity index (χ1v) is 4.10. The molecular formula is C8H12O4. The Balaban J connectivity index is 1.75. The van der Waals surface area contributed by atoms with Crippen LogP contribution in [0.15, 0.2) is 12.2 Å². The van der Waals surface area contributed by atoms with Gasteiger partial charge in [-0.05, 0) is 12.2 Å². The van der Waals surface area contributed by atoms with Crippen LogP contribution in [0.4, 0.5) is 0 Å². The monoisotopic (exact) mass is 172 g/mol. The predicted octanol–water partition coefficient (Wildman–Crippen LogP) is 0.288. The summed E-state index contributed by atoms with van der Waals surface area (Å²) in [5.41, 5.74) is 0. The van der Waals surface area contributed by atoms with Crippen molar-refractivity contribution in [3.05, 3.63) is 12.2 Å². The van der Waals surface area contributed by atoms with Crippen LogP contribution in [0.2, 0.25) is 0 Å². The summed E-state index contributed by atoms with van der Waals surface area (Å²) in [7, 11) is 0. The van der Waals surface area contributed by atoms with E-state index >= 15 is 0 Å². The van der Waals surface area contributed by atoms with Gasteiger partial charge in [-0.2, -0.15) is 0 Å². The molecule has 68 valence electrons. The van der Waals surface area contributed by atoms with Crippen LogP contribution < -0.4 is 0 Å². The van der Waals surface area contributed by atoms with E-state index in [1.54, 1.807) is 0 Å². The first-order chi connectivity index (χ1) is 5.95. The molecule has 2 aliphatic heterocycles. The molecule has 4 heteroatoms. The third-order valence-electron chi connectivity index (χ3n) is 1.72. The molecular weight excluding hydrogens is 160 g/mol. The molecule has 0 unspecified atom stereocenters. The minimum Gasteiger partial charge on any atom is -0.347 e. The molecule has 0 spiro atoms. The minimum atomic E-state index is -0.210. The topological polar surface area (TPSA) is 36.9 Å². The Bertz CT molecular complexity index is 138. The zero-order valence-electron chi connectivity index (χ0n) is 6.77. The molecule has 0 N–H and O–H groups in total. The number of hydrogen-bond acceptors (Lipinski definition) is 4. The van der Waals surface area contributed by atoms with Crippen molar-refractivity contribution in [2.75, 3.05) is 26.4 Å². The lowest BCUT2D eigenvalue weighted by molar-refractivity contribution is -0.0155. The van der Waals surface area contributed by atoms with Crippen molar-refractivity contribution in [3.8, 4) is 0 Å². The van der Waals surface area contributed by atoms with Crippen LogP contribution in [0, 0.1) is 0 Å². The summed E-state index contributed by atoms with van der Waals surface area (Å²) in [5, 5.41) is 0. The Hall–Kier alpha value is -0.420. The van der Waals surface area contributed by atoms with E-state index in [0.717, 1.165) is 0 Å². The van der Waals surface area contributed by atoms with E-state index in [9.17, 15) is 0 Å². The molecule has 0 aromatic heterocycles. The molecule has 0 aromatic carbocycles. The smallest absolute Gasteiger partial charge is 0.177 e. The molecule has 0 saturated carbocycles. The molecule has 0 bridgehead atoms. The third kappa shape index (κ3) is 2.04. The second-order valence-electron chi connectivity index (χ2n) is 2.60. The Kier molecular flexibility index (Phi) is 2.73. The molecule has 0 aliphatic carbocycles. The van der Waals surface area contributed by atoms with Crippen LogP contribution in [0.3, 0.4) is 0 Å². The molecule has 4 nitrogen and oxygen atoms in total. The van der Waals surface area contributed by atoms with Gasteiger partial charge in [0.1, 0.15) is 0 Å². The van der Waals surface area contributed by atoms with E-state index in [4.69, 9.17) is 18.9 Å². The van der Waals surface area contributed by atoms with E-state index in [-0.39, 0.29) is 12.6 Å².